The number of nitrogens with zero attached hydrogens (tertiary/aromatic N) is 2. The summed E-state index contributed by atoms with van der Waals surface area (Å²) in [6.45, 7) is -0.0408. The van der Waals surface area contributed by atoms with Crippen LogP contribution in [-0.2, 0) is 4.79 Å². The van der Waals surface area contributed by atoms with Crippen molar-refractivity contribution in [3.8, 4) is 0 Å². The Morgan fingerprint density at radius 3 is 2.60 bits per heavy atom. The van der Waals surface area contributed by atoms with Crippen LogP contribution in [-0.4, -0.2) is 36.1 Å². The van der Waals surface area contributed by atoms with Crippen LogP contribution in [0.3, 0.4) is 0 Å². The van der Waals surface area contributed by atoms with Crippen LogP contribution in [0, 0.1) is 11.2 Å². The number of anilines is 2. The highest BCUT2D eigenvalue weighted by atomic mass is 19.3. The van der Waals surface area contributed by atoms with E-state index in [4.69, 9.17) is 11.1 Å². The molecule has 30 heavy (non-hydrogen) atoms. The SMILES string of the molecule is N=C/C(=C\N)c1c(F)cncc1/C=C/C(=O)Nc1ccc(N2CCC(F)(F)C2)cc1. The Balaban J connectivity index is 1.69. The van der Waals surface area contributed by atoms with E-state index in [1.807, 2.05) is 0 Å². The number of carbonyl (C=O) groups is 1. The largest absolute Gasteiger partial charge is 0.404 e. The molecule has 1 aromatic heterocycles. The topological polar surface area (TPSA) is 95.1 Å². The van der Waals surface area contributed by atoms with E-state index in [0.29, 0.717) is 11.4 Å². The van der Waals surface area contributed by atoms with E-state index >= 15 is 0 Å². The Bertz CT molecular complexity index is 1000. The van der Waals surface area contributed by atoms with E-state index in [1.54, 1.807) is 29.2 Å². The molecule has 0 bridgehead atoms. The third kappa shape index (κ3) is 4.86. The zero-order chi connectivity index (χ0) is 21.7. The number of aromatic nitrogens is 1. The van der Waals surface area contributed by atoms with Crippen LogP contribution in [0.4, 0.5) is 24.5 Å². The summed E-state index contributed by atoms with van der Waals surface area (Å²) in [7, 11) is 0. The van der Waals surface area contributed by atoms with Crippen molar-refractivity contribution in [2.45, 2.75) is 12.3 Å². The van der Waals surface area contributed by atoms with Crippen LogP contribution in [0.2, 0.25) is 0 Å². The molecule has 1 aliphatic heterocycles. The number of alkyl halides is 2. The van der Waals surface area contributed by atoms with Crippen molar-refractivity contribution >= 4 is 35.1 Å². The van der Waals surface area contributed by atoms with Gasteiger partial charge in [-0.3, -0.25) is 9.78 Å². The van der Waals surface area contributed by atoms with Gasteiger partial charge in [-0.1, -0.05) is 0 Å². The van der Waals surface area contributed by atoms with Crippen molar-refractivity contribution in [2.24, 2.45) is 5.73 Å². The Morgan fingerprint density at radius 2 is 2.00 bits per heavy atom. The monoisotopic (exact) mass is 415 g/mol. The lowest BCUT2D eigenvalue weighted by Gasteiger charge is -2.18. The maximum absolute atomic E-state index is 14.1. The maximum Gasteiger partial charge on any atom is 0.266 e. The Kier molecular flexibility index (Phi) is 6.20. The second kappa shape index (κ2) is 8.81. The molecule has 0 unspecified atom stereocenters. The number of nitrogens with two attached hydrogens (primary N) is 1. The molecule has 0 atom stereocenters. The van der Waals surface area contributed by atoms with Crippen LogP contribution in [0.15, 0.2) is 48.9 Å². The van der Waals surface area contributed by atoms with E-state index in [0.717, 1.165) is 18.6 Å². The lowest BCUT2D eigenvalue weighted by molar-refractivity contribution is -0.111. The fourth-order valence-corrected chi connectivity index (χ4v) is 3.15. The van der Waals surface area contributed by atoms with E-state index < -0.39 is 17.6 Å². The summed E-state index contributed by atoms with van der Waals surface area (Å²) in [5, 5.41) is 9.99. The molecule has 0 saturated carbocycles. The van der Waals surface area contributed by atoms with Crippen LogP contribution < -0.4 is 16.0 Å². The van der Waals surface area contributed by atoms with Gasteiger partial charge in [0.2, 0.25) is 5.91 Å². The highest BCUT2D eigenvalue weighted by Gasteiger charge is 2.38. The molecule has 2 aromatic rings. The number of nitrogens with one attached hydrogen (secondary N) is 2. The summed E-state index contributed by atoms with van der Waals surface area (Å²) in [5.74, 6) is -3.82. The van der Waals surface area contributed by atoms with Crippen molar-refractivity contribution in [2.75, 3.05) is 23.3 Å². The van der Waals surface area contributed by atoms with Gasteiger partial charge in [-0.25, -0.2) is 13.2 Å². The lowest BCUT2D eigenvalue weighted by Crippen LogP contribution is -2.24. The van der Waals surface area contributed by atoms with Gasteiger partial charge in [-0.2, -0.15) is 0 Å². The van der Waals surface area contributed by atoms with Crippen LogP contribution >= 0.6 is 0 Å². The smallest absolute Gasteiger partial charge is 0.266 e. The highest BCUT2D eigenvalue weighted by Crippen LogP contribution is 2.31. The van der Waals surface area contributed by atoms with Gasteiger partial charge in [0.25, 0.3) is 5.92 Å². The molecule has 4 N–H and O–H groups in total. The Labute approximate surface area is 171 Å². The number of benzene rings is 1. The first kappa shape index (κ1) is 21.1. The second-order valence-corrected chi connectivity index (χ2v) is 6.75. The predicted molar refractivity (Wildman–Crippen MR) is 111 cm³/mol. The molecule has 9 heteroatoms. The van der Waals surface area contributed by atoms with E-state index in [-0.39, 0.29) is 36.2 Å². The van der Waals surface area contributed by atoms with Crippen molar-refractivity contribution in [3.63, 3.8) is 0 Å². The predicted octanol–water partition coefficient (Wildman–Crippen LogP) is 3.67. The summed E-state index contributed by atoms with van der Waals surface area (Å²) in [5.41, 5.74) is 7.08. The first-order valence-electron chi connectivity index (χ1n) is 9.11. The molecule has 0 aliphatic carbocycles. The molecule has 1 fully saturated rings. The molecule has 156 valence electrons. The fraction of sp³-hybridized carbons (Fsp3) is 0.190. The van der Waals surface area contributed by atoms with Gasteiger partial charge in [0, 0.05) is 65.7 Å². The summed E-state index contributed by atoms with van der Waals surface area (Å²) < 4.78 is 40.8. The zero-order valence-electron chi connectivity index (χ0n) is 15.9. The number of carbonyl (C=O) groups excluding carboxylic acids is 1. The third-order valence-corrected chi connectivity index (χ3v) is 4.64. The minimum atomic E-state index is -2.68. The molecule has 0 spiro atoms. The number of halogens is 3. The van der Waals surface area contributed by atoms with E-state index in [2.05, 4.69) is 10.3 Å². The average molecular weight is 415 g/mol. The number of hydrogen-bond donors (Lipinski definition) is 3. The van der Waals surface area contributed by atoms with Gasteiger partial charge in [0.1, 0.15) is 5.82 Å². The molecule has 1 amide bonds. The lowest BCUT2D eigenvalue weighted by atomic mass is 10.0. The number of amides is 1. The molecule has 1 saturated heterocycles. The van der Waals surface area contributed by atoms with Crippen molar-refractivity contribution in [3.05, 3.63) is 65.9 Å². The molecule has 0 radical (unpaired) electrons. The van der Waals surface area contributed by atoms with E-state index in [9.17, 15) is 18.0 Å². The van der Waals surface area contributed by atoms with Crippen molar-refractivity contribution < 1.29 is 18.0 Å². The first-order chi connectivity index (χ1) is 14.3. The summed E-state index contributed by atoms with van der Waals surface area (Å²) >= 11 is 0. The Hall–Kier alpha value is -3.62. The van der Waals surface area contributed by atoms with Crippen LogP contribution in [0.1, 0.15) is 17.5 Å². The van der Waals surface area contributed by atoms with Crippen molar-refractivity contribution in [1.82, 2.24) is 4.98 Å². The minimum Gasteiger partial charge on any atom is -0.404 e. The van der Waals surface area contributed by atoms with Gasteiger partial charge in [-0.15, -0.1) is 0 Å². The molecule has 1 aromatic carbocycles. The molecular formula is C21H20F3N5O. The zero-order valence-corrected chi connectivity index (χ0v) is 15.9. The summed E-state index contributed by atoms with van der Waals surface area (Å²) in [6.07, 6.45) is 6.76. The summed E-state index contributed by atoms with van der Waals surface area (Å²) in [6, 6.07) is 6.57. The van der Waals surface area contributed by atoms with Crippen molar-refractivity contribution in [1.29, 1.82) is 5.41 Å². The van der Waals surface area contributed by atoms with Crippen LogP contribution in [0.25, 0.3) is 11.6 Å². The Morgan fingerprint density at radius 1 is 1.27 bits per heavy atom. The van der Waals surface area contributed by atoms with Gasteiger partial charge >= 0.3 is 0 Å². The number of allylic oxidation sites excluding steroid dienone is 1. The molecule has 2 heterocycles. The van der Waals surface area contributed by atoms with E-state index in [1.165, 1.54) is 18.3 Å². The molecule has 3 rings (SSSR count). The average Bonchev–Trinajstić information content (AvgIpc) is 3.09. The summed E-state index contributed by atoms with van der Waals surface area (Å²) in [4.78, 5) is 17.6. The van der Waals surface area contributed by atoms with Gasteiger partial charge in [0.05, 0.1) is 12.7 Å². The molecular weight excluding hydrogens is 395 g/mol. The maximum atomic E-state index is 14.1. The molecule has 1 aliphatic rings. The number of pyridine rings is 1. The normalized spacial score (nSPS) is 16.1. The van der Waals surface area contributed by atoms with Gasteiger partial charge < -0.3 is 21.4 Å². The highest BCUT2D eigenvalue weighted by molar-refractivity contribution is 6.10. The third-order valence-electron chi connectivity index (χ3n) is 4.64. The van der Waals surface area contributed by atoms with Gasteiger partial charge in [0.15, 0.2) is 0 Å². The number of rotatable bonds is 6. The number of hydrogen-bond acceptors (Lipinski definition) is 5. The second-order valence-electron chi connectivity index (χ2n) is 6.75. The molecule has 6 nitrogen and oxygen atoms in total. The van der Waals surface area contributed by atoms with Gasteiger partial charge in [-0.05, 0) is 30.3 Å². The fourth-order valence-electron chi connectivity index (χ4n) is 3.15. The van der Waals surface area contributed by atoms with Crippen LogP contribution in [0.5, 0.6) is 0 Å². The standard InChI is InChI=1S/C21H20F3N5O/c22-18-12-27-11-14(20(18)15(9-25)10-26)1-6-19(30)28-16-2-4-17(5-3-16)29-8-7-21(23,24)13-29/h1-6,9-12,25H,7-8,13,26H2,(H,28,30)/b6-1+,15-10+,25-9?. The minimum absolute atomic E-state index is 0.0679. The first-order valence-corrected chi connectivity index (χ1v) is 9.11. The quantitative estimate of drug-likeness (QED) is 0.496.